The average molecular weight is 356 g/mol. The Morgan fingerprint density at radius 3 is 2.68 bits per heavy atom. The van der Waals surface area contributed by atoms with Gasteiger partial charge in [-0.25, -0.2) is 9.37 Å². The number of carbonyl (C=O) groups excluding carboxylic acids is 1. The summed E-state index contributed by atoms with van der Waals surface area (Å²) in [6, 6.07) is 15.1. The van der Waals surface area contributed by atoms with Crippen LogP contribution in [0.2, 0.25) is 5.02 Å². The van der Waals surface area contributed by atoms with Crippen molar-refractivity contribution in [1.29, 1.82) is 0 Å². The standard InChI is InChI=1S/C19H15ClFN3O/c1-12-4-2-3-5-17(12)24-18-10-13(8-9-22-18)19(25)23-14-6-7-16(21)15(20)11-14/h2-11H,1H3,(H,22,24)(H,23,25). The third-order valence-electron chi connectivity index (χ3n) is 3.61. The van der Waals surface area contributed by atoms with Gasteiger partial charge in [0.25, 0.3) is 5.91 Å². The normalized spacial score (nSPS) is 10.4. The fourth-order valence-corrected chi connectivity index (χ4v) is 2.45. The molecular formula is C19H15ClFN3O. The first-order valence-corrected chi connectivity index (χ1v) is 7.96. The number of aromatic nitrogens is 1. The average Bonchev–Trinajstić information content (AvgIpc) is 2.60. The zero-order chi connectivity index (χ0) is 17.8. The lowest BCUT2D eigenvalue weighted by Crippen LogP contribution is -2.12. The molecule has 0 saturated heterocycles. The number of nitrogens with zero attached hydrogens (tertiary/aromatic N) is 1. The molecule has 2 N–H and O–H groups in total. The van der Waals surface area contributed by atoms with Gasteiger partial charge in [0, 0.05) is 23.1 Å². The van der Waals surface area contributed by atoms with Crippen molar-refractivity contribution < 1.29 is 9.18 Å². The number of rotatable bonds is 4. The maximum Gasteiger partial charge on any atom is 0.255 e. The molecule has 0 radical (unpaired) electrons. The number of anilines is 3. The first-order chi connectivity index (χ1) is 12.0. The maximum absolute atomic E-state index is 13.2. The smallest absolute Gasteiger partial charge is 0.255 e. The van der Waals surface area contributed by atoms with Crippen LogP contribution in [0.1, 0.15) is 15.9 Å². The van der Waals surface area contributed by atoms with Crippen LogP contribution in [0.5, 0.6) is 0 Å². The van der Waals surface area contributed by atoms with Crippen molar-refractivity contribution in [3.63, 3.8) is 0 Å². The predicted octanol–water partition coefficient (Wildman–Crippen LogP) is 5.18. The van der Waals surface area contributed by atoms with Crippen LogP contribution in [0.25, 0.3) is 0 Å². The molecule has 0 bridgehead atoms. The summed E-state index contributed by atoms with van der Waals surface area (Å²) < 4.78 is 13.2. The van der Waals surface area contributed by atoms with Gasteiger partial charge in [0.05, 0.1) is 5.02 Å². The van der Waals surface area contributed by atoms with E-state index in [0.29, 0.717) is 17.1 Å². The molecular weight excluding hydrogens is 341 g/mol. The minimum absolute atomic E-state index is 0.0468. The summed E-state index contributed by atoms with van der Waals surface area (Å²) in [6.45, 7) is 1.98. The lowest BCUT2D eigenvalue weighted by molar-refractivity contribution is 0.102. The second kappa shape index (κ2) is 7.32. The molecule has 3 aromatic rings. The van der Waals surface area contributed by atoms with E-state index in [1.54, 1.807) is 18.3 Å². The molecule has 0 aliphatic heterocycles. The van der Waals surface area contributed by atoms with E-state index in [1.165, 1.54) is 18.2 Å². The van der Waals surface area contributed by atoms with Crippen LogP contribution < -0.4 is 10.6 Å². The van der Waals surface area contributed by atoms with Crippen LogP contribution in [0.4, 0.5) is 21.6 Å². The van der Waals surface area contributed by atoms with E-state index in [-0.39, 0.29) is 10.9 Å². The van der Waals surface area contributed by atoms with Crippen molar-refractivity contribution in [2.75, 3.05) is 10.6 Å². The van der Waals surface area contributed by atoms with Crippen LogP contribution in [-0.2, 0) is 0 Å². The number of aryl methyl sites for hydroxylation is 1. The minimum Gasteiger partial charge on any atom is -0.340 e. The highest BCUT2D eigenvalue weighted by Gasteiger charge is 2.09. The highest BCUT2D eigenvalue weighted by molar-refractivity contribution is 6.31. The SMILES string of the molecule is Cc1ccccc1Nc1cc(C(=O)Nc2ccc(F)c(Cl)c2)ccn1. The fraction of sp³-hybridized carbons (Fsp3) is 0.0526. The molecule has 126 valence electrons. The van der Waals surface area contributed by atoms with Gasteiger partial charge < -0.3 is 10.6 Å². The van der Waals surface area contributed by atoms with Crippen LogP contribution in [0.3, 0.4) is 0 Å². The van der Waals surface area contributed by atoms with Gasteiger partial charge in [-0.05, 0) is 48.9 Å². The number of benzene rings is 2. The van der Waals surface area contributed by atoms with Gasteiger partial charge in [-0.3, -0.25) is 4.79 Å². The van der Waals surface area contributed by atoms with Gasteiger partial charge in [-0.2, -0.15) is 0 Å². The Bertz CT molecular complexity index is 930. The summed E-state index contributed by atoms with van der Waals surface area (Å²) in [4.78, 5) is 16.6. The molecule has 0 saturated carbocycles. The summed E-state index contributed by atoms with van der Waals surface area (Å²) in [6.07, 6.45) is 1.55. The Morgan fingerprint density at radius 2 is 1.92 bits per heavy atom. The Labute approximate surface area is 149 Å². The molecule has 2 aromatic carbocycles. The number of nitrogens with one attached hydrogen (secondary N) is 2. The number of carbonyl (C=O) groups is 1. The lowest BCUT2D eigenvalue weighted by Gasteiger charge is -2.10. The van der Waals surface area contributed by atoms with Crippen LogP contribution in [-0.4, -0.2) is 10.9 Å². The van der Waals surface area contributed by atoms with Crippen molar-refractivity contribution in [2.24, 2.45) is 0 Å². The second-order valence-electron chi connectivity index (χ2n) is 5.45. The number of hydrogen-bond acceptors (Lipinski definition) is 3. The third kappa shape index (κ3) is 4.14. The Kier molecular flexibility index (Phi) is 4.95. The van der Waals surface area contributed by atoms with Gasteiger partial charge in [0.1, 0.15) is 11.6 Å². The molecule has 4 nitrogen and oxygen atoms in total. The number of amides is 1. The monoisotopic (exact) mass is 355 g/mol. The van der Waals surface area contributed by atoms with Crippen LogP contribution in [0.15, 0.2) is 60.8 Å². The van der Waals surface area contributed by atoms with E-state index < -0.39 is 5.82 Å². The Morgan fingerprint density at radius 1 is 1.12 bits per heavy atom. The summed E-state index contributed by atoms with van der Waals surface area (Å²) in [7, 11) is 0. The first-order valence-electron chi connectivity index (χ1n) is 7.58. The molecule has 0 spiro atoms. The molecule has 0 unspecified atom stereocenters. The van der Waals surface area contributed by atoms with Gasteiger partial charge in [-0.1, -0.05) is 29.8 Å². The van der Waals surface area contributed by atoms with Crippen LogP contribution in [0, 0.1) is 12.7 Å². The molecule has 3 rings (SSSR count). The molecule has 6 heteroatoms. The quantitative estimate of drug-likeness (QED) is 0.678. The first kappa shape index (κ1) is 16.9. The third-order valence-corrected chi connectivity index (χ3v) is 3.90. The largest absolute Gasteiger partial charge is 0.340 e. The van der Waals surface area contributed by atoms with E-state index >= 15 is 0 Å². The zero-order valence-corrected chi connectivity index (χ0v) is 14.1. The molecule has 0 aliphatic carbocycles. The number of halogens is 2. The summed E-state index contributed by atoms with van der Waals surface area (Å²) in [5.74, 6) is -0.315. The summed E-state index contributed by atoms with van der Waals surface area (Å²) in [5.41, 5.74) is 2.83. The highest BCUT2D eigenvalue weighted by Crippen LogP contribution is 2.21. The van der Waals surface area contributed by atoms with Crippen molar-refractivity contribution >= 4 is 34.7 Å². The maximum atomic E-state index is 13.2. The molecule has 25 heavy (non-hydrogen) atoms. The fourth-order valence-electron chi connectivity index (χ4n) is 2.27. The molecule has 0 atom stereocenters. The number of hydrogen-bond donors (Lipinski definition) is 2. The second-order valence-corrected chi connectivity index (χ2v) is 5.86. The molecule has 0 fully saturated rings. The van der Waals surface area contributed by atoms with Crippen molar-refractivity contribution in [3.05, 3.63) is 82.8 Å². The molecule has 0 aliphatic rings. The topological polar surface area (TPSA) is 54.0 Å². The zero-order valence-electron chi connectivity index (χ0n) is 13.4. The van der Waals surface area contributed by atoms with E-state index in [4.69, 9.17) is 11.6 Å². The van der Waals surface area contributed by atoms with Gasteiger partial charge in [-0.15, -0.1) is 0 Å². The summed E-state index contributed by atoms with van der Waals surface area (Å²) >= 11 is 5.73. The number of pyridine rings is 1. The van der Waals surface area contributed by atoms with Gasteiger partial charge >= 0.3 is 0 Å². The minimum atomic E-state index is -0.534. The van der Waals surface area contributed by atoms with Crippen molar-refractivity contribution in [3.8, 4) is 0 Å². The van der Waals surface area contributed by atoms with E-state index in [9.17, 15) is 9.18 Å². The van der Waals surface area contributed by atoms with Gasteiger partial charge in [0.15, 0.2) is 0 Å². The van der Waals surface area contributed by atoms with E-state index in [0.717, 1.165) is 11.3 Å². The van der Waals surface area contributed by atoms with E-state index in [1.807, 2.05) is 31.2 Å². The van der Waals surface area contributed by atoms with E-state index in [2.05, 4.69) is 15.6 Å². The van der Waals surface area contributed by atoms with Gasteiger partial charge in [0.2, 0.25) is 0 Å². The Balaban J connectivity index is 1.77. The Hall–Kier alpha value is -2.92. The highest BCUT2D eigenvalue weighted by atomic mass is 35.5. The molecule has 1 heterocycles. The lowest BCUT2D eigenvalue weighted by atomic mass is 10.2. The summed E-state index contributed by atoms with van der Waals surface area (Å²) in [5, 5.41) is 5.82. The van der Waals surface area contributed by atoms with Crippen LogP contribution >= 0.6 is 11.6 Å². The van der Waals surface area contributed by atoms with Crippen molar-refractivity contribution in [1.82, 2.24) is 4.98 Å². The molecule has 1 aromatic heterocycles. The predicted molar refractivity (Wildman–Crippen MR) is 98.1 cm³/mol. The molecule has 1 amide bonds. The van der Waals surface area contributed by atoms with Crippen molar-refractivity contribution in [2.45, 2.75) is 6.92 Å². The number of para-hydroxylation sites is 1.